The van der Waals surface area contributed by atoms with Gasteiger partial charge >= 0.3 is 5.97 Å². The Labute approximate surface area is 107 Å². The van der Waals surface area contributed by atoms with Crippen LogP contribution in [0.1, 0.15) is 40.5 Å². The standard InChI is InChI=1S/C13H21NO4/c1-8(2)13(4)7-10(15)14(12(13)18)6-5-9(3)11(16)17/h8-9H,5-7H2,1-4H3,(H,16,17). The molecule has 102 valence electrons. The minimum absolute atomic E-state index is 0.0934. The van der Waals surface area contributed by atoms with Gasteiger partial charge in [0.05, 0.1) is 11.3 Å². The molecule has 2 unspecified atom stereocenters. The maximum Gasteiger partial charge on any atom is 0.306 e. The number of carbonyl (C=O) groups excluding carboxylic acids is 2. The molecule has 0 radical (unpaired) electrons. The lowest BCUT2D eigenvalue weighted by Gasteiger charge is -2.26. The maximum atomic E-state index is 12.2. The molecule has 0 aromatic heterocycles. The highest BCUT2D eigenvalue weighted by molar-refractivity contribution is 6.05. The van der Waals surface area contributed by atoms with E-state index in [0.29, 0.717) is 6.42 Å². The molecule has 0 aromatic rings. The SMILES string of the molecule is CC(CCN1C(=O)CC(C)(C(C)C)C1=O)C(=O)O. The van der Waals surface area contributed by atoms with E-state index in [2.05, 4.69) is 0 Å². The number of imide groups is 1. The largest absolute Gasteiger partial charge is 0.481 e. The molecule has 1 rings (SSSR count). The lowest BCUT2D eigenvalue weighted by atomic mass is 9.78. The van der Waals surface area contributed by atoms with Crippen LogP contribution in [0.4, 0.5) is 0 Å². The molecule has 1 saturated heterocycles. The number of hydrogen-bond acceptors (Lipinski definition) is 3. The van der Waals surface area contributed by atoms with Crippen molar-refractivity contribution in [3.05, 3.63) is 0 Å². The summed E-state index contributed by atoms with van der Waals surface area (Å²) in [6, 6.07) is 0. The van der Waals surface area contributed by atoms with Gasteiger partial charge in [0.2, 0.25) is 11.8 Å². The molecule has 1 N–H and O–H groups in total. The van der Waals surface area contributed by atoms with Crippen molar-refractivity contribution in [2.75, 3.05) is 6.54 Å². The van der Waals surface area contributed by atoms with Crippen molar-refractivity contribution in [3.8, 4) is 0 Å². The first-order chi connectivity index (χ1) is 8.20. The first-order valence-electron chi connectivity index (χ1n) is 6.27. The third kappa shape index (κ3) is 2.54. The van der Waals surface area contributed by atoms with Crippen molar-refractivity contribution in [1.29, 1.82) is 0 Å². The summed E-state index contributed by atoms with van der Waals surface area (Å²) in [5, 5.41) is 8.79. The molecule has 0 bridgehead atoms. The quantitative estimate of drug-likeness (QED) is 0.756. The average molecular weight is 255 g/mol. The van der Waals surface area contributed by atoms with Crippen molar-refractivity contribution < 1.29 is 19.5 Å². The number of carbonyl (C=O) groups is 3. The predicted molar refractivity (Wildman–Crippen MR) is 65.7 cm³/mol. The summed E-state index contributed by atoms with van der Waals surface area (Å²) in [6.45, 7) is 7.43. The number of rotatable bonds is 5. The second-order valence-corrected chi connectivity index (χ2v) is 5.63. The van der Waals surface area contributed by atoms with Gasteiger partial charge in [-0.1, -0.05) is 20.8 Å². The van der Waals surface area contributed by atoms with Crippen LogP contribution in [0.2, 0.25) is 0 Å². The molecule has 1 heterocycles. The first-order valence-corrected chi connectivity index (χ1v) is 6.27. The summed E-state index contributed by atoms with van der Waals surface area (Å²) in [5.74, 6) is -1.71. The highest BCUT2D eigenvalue weighted by Gasteiger charge is 2.49. The summed E-state index contributed by atoms with van der Waals surface area (Å²) in [4.78, 5) is 36.0. The number of carboxylic acid groups (broad SMARTS) is 1. The Kier molecular flexibility index (Phi) is 4.14. The van der Waals surface area contributed by atoms with Crippen LogP contribution >= 0.6 is 0 Å². The zero-order valence-electron chi connectivity index (χ0n) is 11.4. The monoisotopic (exact) mass is 255 g/mol. The minimum Gasteiger partial charge on any atom is -0.481 e. The van der Waals surface area contributed by atoms with Gasteiger partial charge in [0.1, 0.15) is 0 Å². The molecular weight excluding hydrogens is 234 g/mol. The summed E-state index contributed by atoms with van der Waals surface area (Å²) >= 11 is 0. The molecule has 0 saturated carbocycles. The van der Waals surface area contributed by atoms with Gasteiger partial charge in [0, 0.05) is 13.0 Å². The van der Waals surface area contributed by atoms with Crippen molar-refractivity contribution in [1.82, 2.24) is 4.90 Å². The lowest BCUT2D eigenvalue weighted by molar-refractivity contribution is -0.145. The van der Waals surface area contributed by atoms with Gasteiger partial charge in [-0.05, 0) is 19.3 Å². The molecule has 1 aliphatic heterocycles. The lowest BCUT2D eigenvalue weighted by Crippen LogP contribution is -2.38. The number of likely N-dealkylation sites (tertiary alicyclic amines) is 1. The Balaban J connectivity index is 2.71. The van der Waals surface area contributed by atoms with Crippen molar-refractivity contribution in [2.24, 2.45) is 17.3 Å². The average Bonchev–Trinajstić information content (AvgIpc) is 2.48. The Morgan fingerprint density at radius 1 is 1.39 bits per heavy atom. The van der Waals surface area contributed by atoms with Gasteiger partial charge in [-0.2, -0.15) is 0 Å². The van der Waals surface area contributed by atoms with Crippen LogP contribution in [0.3, 0.4) is 0 Å². The molecule has 0 aliphatic carbocycles. The number of nitrogens with zero attached hydrogens (tertiary/aromatic N) is 1. The smallest absolute Gasteiger partial charge is 0.306 e. The molecule has 1 aliphatic rings. The third-order valence-electron chi connectivity index (χ3n) is 4.03. The molecule has 2 atom stereocenters. The topological polar surface area (TPSA) is 74.7 Å². The molecule has 2 amide bonds. The Bertz CT molecular complexity index is 377. The fraction of sp³-hybridized carbons (Fsp3) is 0.769. The van der Waals surface area contributed by atoms with E-state index >= 15 is 0 Å². The van der Waals surface area contributed by atoms with Gasteiger partial charge in [-0.3, -0.25) is 19.3 Å². The van der Waals surface area contributed by atoms with Crippen molar-refractivity contribution in [2.45, 2.75) is 40.5 Å². The van der Waals surface area contributed by atoms with Gasteiger partial charge in [-0.15, -0.1) is 0 Å². The van der Waals surface area contributed by atoms with Crippen LogP contribution in [0, 0.1) is 17.3 Å². The van der Waals surface area contributed by atoms with Gasteiger partial charge in [0.15, 0.2) is 0 Å². The highest BCUT2D eigenvalue weighted by Crippen LogP contribution is 2.39. The van der Waals surface area contributed by atoms with E-state index in [9.17, 15) is 14.4 Å². The third-order valence-corrected chi connectivity index (χ3v) is 4.03. The van der Waals surface area contributed by atoms with Crippen LogP contribution in [-0.4, -0.2) is 34.3 Å². The Morgan fingerprint density at radius 2 is 1.94 bits per heavy atom. The van der Waals surface area contributed by atoms with Crippen LogP contribution < -0.4 is 0 Å². The number of hydrogen-bond donors (Lipinski definition) is 1. The molecular formula is C13H21NO4. The molecule has 5 nitrogen and oxygen atoms in total. The van der Waals surface area contributed by atoms with Crippen molar-refractivity contribution in [3.63, 3.8) is 0 Å². The van der Waals surface area contributed by atoms with Crippen LogP contribution in [0.25, 0.3) is 0 Å². The summed E-state index contributed by atoms with van der Waals surface area (Å²) in [6.07, 6.45) is 0.534. The number of carboxylic acids is 1. The normalized spacial score (nSPS) is 25.9. The fourth-order valence-corrected chi connectivity index (χ4v) is 2.03. The van der Waals surface area contributed by atoms with E-state index in [0.717, 1.165) is 0 Å². The summed E-state index contributed by atoms with van der Waals surface area (Å²) < 4.78 is 0. The number of aliphatic carboxylic acids is 1. The minimum atomic E-state index is -0.902. The predicted octanol–water partition coefficient (Wildman–Crippen LogP) is 1.52. The fourth-order valence-electron chi connectivity index (χ4n) is 2.03. The molecule has 0 aromatic carbocycles. The molecule has 1 fully saturated rings. The highest BCUT2D eigenvalue weighted by atomic mass is 16.4. The van der Waals surface area contributed by atoms with Gasteiger partial charge in [-0.25, -0.2) is 0 Å². The van der Waals surface area contributed by atoms with E-state index in [4.69, 9.17) is 5.11 Å². The summed E-state index contributed by atoms with van der Waals surface area (Å²) in [7, 11) is 0. The molecule has 0 spiro atoms. The van der Waals surface area contributed by atoms with Crippen LogP contribution in [0.5, 0.6) is 0 Å². The summed E-state index contributed by atoms with van der Waals surface area (Å²) in [5.41, 5.74) is -0.635. The van der Waals surface area contributed by atoms with E-state index in [-0.39, 0.29) is 30.7 Å². The van der Waals surface area contributed by atoms with Crippen LogP contribution in [-0.2, 0) is 14.4 Å². The Hall–Kier alpha value is -1.39. The molecule has 5 heteroatoms. The second kappa shape index (κ2) is 5.08. The van der Waals surface area contributed by atoms with Gasteiger partial charge < -0.3 is 5.11 Å². The van der Waals surface area contributed by atoms with E-state index in [1.54, 1.807) is 13.8 Å². The zero-order chi connectivity index (χ0) is 14.1. The van der Waals surface area contributed by atoms with Crippen LogP contribution in [0.15, 0.2) is 0 Å². The zero-order valence-corrected chi connectivity index (χ0v) is 11.4. The maximum absolute atomic E-state index is 12.2. The Morgan fingerprint density at radius 3 is 2.33 bits per heavy atom. The van der Waals surface area contributed by atoms with E-state index in [1.165, 1.54) is 4.90 Å². The van der Waals surface area contributed by atoms with Crippen molar-refractivity contribution >= 4 is 17.8 Å². The number of amides is 2. The van der Waals surface area contributed by atoms with E-state index in [1.807, 2.05) is 13.8 Å². The van der Waals surface area contributed by atoms with Gasteiger partial charge in [0.25, 0.3) is 0 Å². The van der Waals surface area contributed by atoms with E-state index < -0.39 is 17.3 Å². The first kappa shape index (κ1) is 14.7. The molecule has 18 heavy (non-hydrogen) atoms. The second-order valence-electron chi connectivity index (χ2n) is 5.63.